The molecule has 1 aliphatic carbocycles. The Morgan fingerprint density at radius 2 is 2.24 bits per heavy atom. The van der Waals surface area contributed by atoms with E-state index in [1.165, 1.54) is 17.5 Å². The average molecular weight is 357 g/mol. The first-order valence-corrected chi connectivity index (χ1v) is 8.68. The summed E-state index contributed by atoms with van der Waals surface area (Å²) in [4.78, 5) is 12.3. The van der Waals surface area contributed by atoms with Crippen molar-refractivity contribution in [3.8, 4) is 0 Å². The number of aryl methyl sites for hydroxylation is 1. The quantitative estimate of drug-likeness (QED) is 0.821. The minimum Gasteiger partial charge on any atom is -0.380 e. The van der Waals surface area contributed by atoms with Gasteiger partial charge in [-0.15, -0.1) is 0 Å². The topological polar surface area (TPSA) is 72.9 Å². The Bertz CT molecular complexity index is 517. The molecule has 0 aromatic carbocycles. The molecule has 0 saturated heterocycles. The number of anilines is 1. The van der Waals surface area contributed by atoms with Gasteiger partial charge in [-0.2, -0.15) is 5.10 Å². The molecule has 1 aromatic heterocycles. The molecule has 118 valence electrons. The van der Waals surface area contributed by atoms with Crippen LogP contribution in [-0.4, -0.2) is 22.4 Å². The van der Waals surface area contributed by atoms with Gasteiger partial charge in [-0.25, -0.2) is 4.68 Å². The van der Waals surface area contributed by atoms with E-state index in [4.69, 9.17) is 5.73 Å². The van der Waals surface area contributed by atoms with Crippen molar-refractivity contribution in [1.82, 2.24) is 9.78 Å². The number of unbranched alkanes of at least 4 members (excludes halogenated alkanes) is 1. The van der Waals surface area contributed by atoms with Gasteiger partial charge in [0.05, 0.1) is 11.9 Å². The molecule has 6 heteroatoms. The Hall–Kier alpha value is -0.880. The number of hydrogen-bond donors (Lipinski definition) is 2. The minimum atomic E-state index is -0.0615. The van der Waals surface area contributed by atoms with Gasteiger partial charge in [-0.3, -0.25) is 4.79 Å². The van der Waals surface area contributed by atoms with Crippen LogP contribution in [0.3, 0.4) is 0 Å². The largest absolute Gasteiger partial charge is 0.380 e. The van der Waals surface area contributed by atoms with Gasteiger partial charge in [0.15, 0.2) is 0 Å². The summed E-state index contributed by atoms with van der Waals surface area (Å²) in [6.07, 6.45) is 8.49. The predicted molar refractivity (Wildman–Crippen MR) is 89.5 cm³/mol. The zero-order valence-electron chi connectivity index (χ0n) is 12.6. The Morgan fingerprint density at radius 3 is 2.95 bits per heavy atom. The molecule has 3 N–H and O–H groups in total. The highest BCUT2D eigenvalue weighted by molar-refractivity contribution is 9.10. The van der Waals surface area contributed by atoms with Crippen LogP contribution in [0.4, 0.5) is 5.69 Å². The molecule has 0 aliphatic heterocycles. The van der Waals surface area contributed by atoms with Gasteiger partial charge in [-0.1, -0.05) is 26.2 Å². The van der Waals surface area contributed by atoms with Crippen molar-refractivity contribution in [2.75, 3.05) is 11.9 Å². The maximum atomic E-state index is 12.3. The monoisotopic (exact) mass is 356 g/mol. The number of hydrogen-bond acceptors (Lipinski definition) is 4. The van der Waals surface area contributed by atoms with Gasteiger partial charge in [-0.05, 0) is 47.7 Å². The highest BCUT2D eigenvalue weighted by Crippen LogP contribution is 2.28. The molecular weight excluding hydrogens is 332 g/mol. The maximum Gasteiger partial charge on any atom is 0.283 e. The molecule has 0 bridgehead atoms. The Labute approximate surface area is 134 Å². The van der Waals surface area contributed by atoms with E-state index in [2.05, 4.69) is 33.3 Å². The SMILES string of the molecule is CCCCn1ncc(NC2CCCCC2CN)c(Br)c1=O. The highest BCUT2D eigenvalue weighted by atomic mass is 79.9. The second-order valence-electron chi connectivity index (χ2n) is 5.79. The number of nitrogens with zero attached hydrogens (tertiary/aromatic N) is 2. The zero-order chi connectivity index (χ0) is 15.2. The lowest BCUT2D eigenvalue weighted by molar-refractivity contribution is 0.332. The molecule has 5 nitrogen and oxygen atoms in total. The number of aromatic nitrogens is 2. The van der Waals surface area contributed by atoms with Crippen LogP contribution in [0, 0.1) is 5.92 Å². The summed E-state index contributed by atoms with van der Waals surface area (Å²) in [7, 11) is 0. The molecule has 0 spiro atoms. The van der Waals surface area contributed by atoms with Crippen molar-refractivity contribution >= 4 is 21.6 Å². The van der Waals surface area contributed by atoms with Crippen LogP contribution >= 0.6 is 15.9 Å². The van der Waals surface area contributed by atoms with Gasteiger partial charge >= 0.3 is 0 Å². The average Bonchev–Trinajstić information content (AvgIpc) is 2.51. The van der Waals surface area contributed by atoms with Crippen molar-refractivity contribution in [3.05, 3.63) is 21.0 Å². The molecule has 21 heavy (non-hydrogen) atoms. The van der Waals surface area contributed by atoms with Crippen molar-refractivity contribution in [1.29, 1.82) is 0 Å². The van der Waals surface area contributed by atoms with E-state index >= 15 is 0 Å². The molecule has 1 aromatic rings. The third-order valence-corrected chi connectivity index (χ3v) is 5.03. The maximum absolute atomic E-state index is 12.3. The van der Waals surface area contributed by atoms with Crippen molar-refractivity contribution in [2.45, 2.75) is 58.0 Å². The summed E-state index contributed by atoms with van der Waals surface area (Å²) in [6.45, 7) is 3.46. The lowest BCUT2D eigenvalue weighted by atomic mass is 9.84. The molecule has 1 fully saturated rings. The van der Waals surface area contributed by atoms with Crippen LogP contribution in [0.2, 0.25) is 0 Å². The fourth-order valence-electron chi connectivity index (χ4n) is 2.91. The van der Waals surface area contributed by atoms with Gasteiger partial charge in [0, 0.05) is 12.6 Å². The smallest absolute Gasteiger partial charge is 0.283 e. The first kappa shape index (κ1) is 16.5. The summed E-state index contributed by atoms with van der Waals surface area (Å²) in [5.74, 6) is 0.480. The first-order chi connectivity index (χ1) is 10.2. The molecule has 0 amide bonds. The van der Waals surface area contributed by atoms with Crippen molar-refractivity contribution < 1.29 is 0 Å². The zero-order valence-corrected chi connectivity index (χ0v) is 14.2. The third kappa shape index (κ3) is 4.07. The molecule has 2 rings (SSSR count). The molecule has 0 radical (unpaired) electrons. The second kappa shape index (κ2) is 7.94. The van der Waals surface area contributed by atoms with Crippen LogP contribution in [0.25, 0.3) is 0 Å². The van der Waals surface area contributed by atoms with Crippen LogP contribution < -0.4 is 16.6 Å². The van der Waals surface area contributed by atoms with Crippen LogP contribution in [0.1, 0.15) is 45.4 Å². The van der Waals surface area contributed by atoms with Gasteiger partial charge in [0.1, 0.15) is 4.47 Å². The predicted octanol–water partition coefficient (Wildman–Crippen LogP) is 2.74. The van der Waals surface area contributed by atoms with E-state index in [9.17, 15) is 4.79 Å². The molecule has 1 heterocycles. The minimum absolute atomic E-state index is 0.0615. The summed E-state index contributed by atoms with van der Waals surface area (Å²) in [6, 6.07) is 0.341. The molecule has 2 unspecified atom stereocenters. The van der Waals surface area contributed by atoms with E-state index < -0.39 is 0 Å². The van der Waals surface area contributed by atoms with Crippen LogP contribution in [0.15, 0.2) is 15.5 Å². The van der Waals surface area contributed by atoms with Gasteiger partial charge < -0.3 is 11.1 Å². The number of nitrogens with two attached hydrogens (primary N) is 1. The summed E-state index contributed by atoms with van der Waals surface area (Å²) >= 11 is 3.42. The van der Waals surface area contributed by atoms with E-state index in [0.29, 0.717) is 29.5 Å². The lowest BCUT2D eigenvalue weighted by Crippen LogP contribution is -2.37. The van der Waals surface area contributed by atoms with Crippen molar-refractivity contribution in [2.24, 2.45) is 11.7 Å². The van der Waals surface area contributed by atoms with Crippen LogP contribution in [0.5, 0.6) is 0 Å². The summed E-state index contributed by atoms with van der Waals surface area (Å²) in [5.41, 5.74) is 6.59. The third-order valence-electron chi connectivity index (χ3n) is 4.26. The first-order valence-electron chi connectivity index (χ1n) is 7.89. The molecule has 1 aliphatic rings. The fourth-order valence-corrected chi connectivity index (χ4v) is 3.33. The molecular formula is C15H25BrN4O. The molecule has 2 atom stereocenters. The highest BCUT2D eigenvalue weighted by Gasteiger charge is 2.24. The number of rotatable bonds is 6. The lowest BCUT2D eigenvalue weighted by Gasteiger charge is -2.32. The standard InChI is InChI=1S/C15H25BrN4O/c1-2-3-8-20-15(21)14(16)13(10-18-20)19-12-7-5-4-6-11(12)9-17/h10-12,19H,2-9,17H2,1H3. The Kier molecular flexibility index (Phi) is 6.23. The number of nitrogens with one attached hydrogen (secondary N) is 1. The summed E-state index contributed by atoms with van der Waals surface area (Å²) in [5, 5.41) is 7.74. The van der Waals surface area contributed by atoms with E-state index in [1.807, 2.05) is 0 Å². The number of halogens is 1. The van der Waals surface area contributed by atoms with Crippen molar-refractivity contribution in [3.63, 3.8) is 0 Å². The Morgan fingerprint density at radius 1 is 1.48 bits per heavy atom. The molecule has 1 saturated carbocycles. The Balaban J connectivity index is 2.13. The van der Waals surface area contributed by atoms with E-state index in [-0.39, 0.29) is 5.56 Å². The van der Waals surface area contributed by atoms with Gasteiger partial charge in [0.25, 0.3) is 5.56 Å². The van der Waals surface area contributed by atoms with E-state index in [1.54, 1.807) is 6.20 Å². The fraction of sp³-hybridized carbons (Fsp3) is 0.733. The van der Waals surface area contributed by atoms with E-state index in [0.717, 1.165) is 31.4 Å². The van der Waals surface area contributed by atoms with Gasteiger partial charge in [0.2, 0.25) is 0 Å². The normalized spacial score (nSPS) is 22.2. The second-order valence-corrected chi connectivity index (χ2v) is 6.58. The summed E-state index contributed by atoms with van der Waals surface area (Å²) < 4.78 is 2.11. The van der Waals surface area contributed by atoms with Crippen LogP contribution in [-0.2, 0) is 6.54 Å².